The third-order valence-electron chi connectivity index (χ3n) is 5.24. The summed E-state index contributed by atoms with van der Waals surface area (Å²) in [5, 5.41) is 12.1. The van der Waals surface area contributed by atoms with Gasteiger partial charge in [0, 0.05) is 42.4 Å². The number of rotatable bonds is 5. The molecule has 0 radical (unpaired) electrons. The monoisotopic (exact) mass is 384 g/mol. The lowest BCUT2D eigenvalue weighted by atomic mass is 9.94. The predicted octanol–water partition coefficient (Wildman–Crippen LogP) is 3.76. The smallest absolute Gasteiger partial charge is 0.276 e. The van der Waals surface area contributed by atoms with Gasteiger partial charge in [0.1, 0.15) is 5.76 Å². The van der Waals surface area contributed by atoms with E-state index in [1.807, 2.05) is 27.8 Å². The number of thiophene rings is 1. The Balaban J connectivity index is 1.23. The van der Waals surface area contributed by atoms with Gasteiger partial charge in [0.25, 0.3) is 5.91 Å². The van der Waals surface area contributed by atoms with Crippen molar-refractivity contribution in [1.29, 1.82) is 0 Å². The molecule has 1 unspecified atom stereocenters. The van der Waals surface area contributed by atoms with Crippen molar-refractivity contribution in [3.63, 3.8) is 0 Å². The van der Waals surface area contributed by atoms with Crippen LogP contribution in [0.3, 0.4) is 0 Å². The molecule has 1 amide bonds. The normalized spacial score (nSPS) is 20.1. The molecule has 1 aliphatic heterocycles. The lowest BCUT2D eigenvalue weighted by Gasteiger charge is -2.31. The van der Waals surface area contributed by atoms with Crippen molar-refractivity contribution in [1.82, 2.24) is 20.2 Å². The number of carbonyl (C=O) groups is 1. The number of amides is 1. The quantitative estimate of drug-likeness (QED) is 0.666. The molecule has 1 saturated heterocycles. The van der Waals surface area contributed by atoms with Gasteiger partial charge in [-0.15, -0.1) is 0 Å². The van der Waals surface area contributed by atoms with Gasteiger partial charge in [-0.25, -0.2) is 0 Å². The molecule has 27 heavy (non-hydrogen) atoms. The van der Waals surface area contributed by atoms with Crippen LogP contribution in [0.15, 0.2) is 31.9 Å². The summed E-state index contributed by atoms with van der Waals surface area (Å²) in [6.45, 7) is 1.44. The van der Waals surface area contributed by atoms with Gasteiger partial charge in [0.15, 0.2) is 5.69 Å². The van der Waals surface area contributed by atoms with Crippen molar-refractivity contribution in [2.45, 2.75) is 38.0 Å². The van der Waals surface area contributed by atoms with Gasteiger partial charge in [-0.05, 0) is 43.0 Å². The molecular weight excluding hydrogens is 364 g/mol. The fraction of sp³-hybridized carbons (Fsp3) is 0.474. The highest BCUT2D eigenvalue weighted by molar-refractivity contribution is 7.08. The van der Waals surface area contributed by atoms with E-state index in [0.29, 0.717) is 42.2 Å². The summed E-state index contributed by atoms with van der Waals surface area (Å²) in [4.78, 5) is 19.1. The maximum atomic E-state index is 12.8. The second-order valence-corrected chi connectivity index (χ2v) is 8.16. The standard InChI is InChI=1S/C19H20N4O3S/c24-19(15-9-16(25-21-15)13-3-4-13)23-6-1-2-12(10-23)8-17-20-18(22-26-17)14-5-7-27-11-14/h5,7,9,11-13H,1-4,6,8,10H2. The van der Waals surface area contributed by atoms with Crippen LogP contribution in [0.5, 0.6) is 0 Å². The molecule has 140 valence electrons. The Morgan fingerprint density at radius 1 is 1.26 bits per heavy atom. The van der Waals surface area contributed by atoms with E-state index in [1.165, 1.54) is 0 Å². The zero-order valence-corrected chi connectivity index (χ0v) is 15.7. The number of piperidine rings is 1. The third-order valence-corrected chi connectivity index (χ3v) is 5.93. The van der Waals surface area contributed by atoms with Crippen molar-refractivity contribution < 1.29 is 13.8 Å². The van der Waals surface area contributed by atoms with E-state index in [1.54, 1.807) is 11.3 Å². The Labute approximate surface area is 160 Å². The van der Waals surface area contributed by atoms with Gasteiger partial charge in [-0.2, -0.15) is 16.3 Å². The van der Waals surface area contributed by atoms with Crippen LogP contribution >= 0.6 is 11.3 Å². The number of aromatic nitrogens is 3. The molecule has 2 fully saturated rings. The Hall–Kier alpha value is -2.48. The molecule has 3 aromatic rings. The van der Waals surface area contributed by atoms with Crippen LogP contribution in [0.4, 0.5) is 0 Å². The van der Waals surface area contributed by atoms with Crippen molar-refractivity contribution in [3.05, 3.63) is 40.2 Å². The lowest BCUT2D eigenvalue weighted by Crippen LogP contribution is -2.40. The number of nitrogens with zero attached hydrogens (tertiary/aromatic N) is 4. The number of likely N-dealkylation sites (tertiary alicyclic amines) is 1. The van der Waals surface area contributed by atoms with Crippen LogP contribution in [0.25, 0.3) is 11.4 Å². The Bertz CT molecular complexity index is 929. The van der Waals surface area contributed by atoms with E-state index in [-0.39, 0.29) is 5.91 Å². The highest BCUT2D eigenvalue weighted by Gasteiger charge is 2.31. The van der Waals surface area contributed by atoms with Crippen LogP contribution in [-0.4, -0.2) is 39.2 Å². The summed E-state index contributed by atoms with van der Waals surface area (Å²) in [5.41, 5.74) is 1.41. The molecule has 5 rings (SSSR count). The van der Waals surface area contributed by atoms with Gasteiger partial charge >= 0.3 is 0 Å². The molecule has 0 spiro atoms. The molecular formula is C19H20N4O3S. The zero-order chi connectivity index (χ0) is 18.2. The van der Waals surface area contributed by atoms with Gasteiger partial charge in [0.05, 0.1) is 0 Å². The first-order valence-electron chi connectivity index (χ1n) is 9.37. The molecule has 8 heteroatoms. The van der Waals surface area contributed by atoms with E-state index in [4.69, 9.17) is 9.05 Å². The van der Waals surface area contributed by atoms with E-state index in [0.717, 1.165) is 43.6 Å². The third kappa shape index (κ3) is 3.53. The molecule has 2 aliphatic rings. The van der Waals surface area contributed by atoms with Crippen molar-refractivity contribution >= 4 is 17.2 Å². The SMILES string of the molecule is O=C(c1cc(C2CC2)on1)N1CCCC(Cc2nc(-c3ccsc3)no2)C1. The first-order chi connectivity index (χ1) is 13.3. The fourth-order valence-electron chi connectivity index (χ4n) is 3.62. The van der Waals surface area contributed by atoms with Gasteiger partial charge in [0.2, 0.25) is 11.7 Å². The highest BCUT2D eigenvalue weighted by Crippen LogP contribution is 2.40. The van der Waals surface area contributed by atoms with Gasteiger partial charge < -0.3 is 13.9 Å². The largest absolute Gasteiger partial charge is 0.360 e. The molecule has 0 bridgehead atoms. The minimum absolute atomic E-state index is 0.0418. The lowest BCUT2D eigenvalue weighted by molar-refractivity contribution is 0.0657. The highest BCUT2D eigenvalue weighted by atomic mass is 32.1. The van der Waals surface area contributed by atoms with Crippen molar-refractivity contribution in [2.24, 2.45) is 5.92 Å². The fourth-order valence-corrected chi connectivity index (χ4v) is 4.26. The molecule has 0 aromatic carbocycles. The summed E-state index contributed by atoms with van der Waals surface area (Å²) in [6, 6.07) is 3.79. The van der Waals surface area contributed by atoms with E-state index in [9.17, 15) is 4.79 Å². The zero-order valence-electron chi connectivity index (χ0n) is 14.8. The summed E-state index contributed by atoms with van der Waals surface area (Å²) in [6.07, 6.45) is 4.97. The molecule has 1 aliphatic carbocycles. The summed E-state index contributed by atoms with van der Waals surface area (Å²) in [7, 11) is 0. The molecule has 0 N–H and O–H groups in total. The molecule has 1 atom stereocenters. The first kappa shape index (κ1) is 16.7. The summed E-state index contributed by atoms with van der Waals surface area (Å²) < 4.78 is 10.8. The number of hydrogen-bond donors (Lipinski definition) is 0. The van der Waals surface area contributed by atoms with Gasteiger partial charge in [-0.1, -0.05) is 10.3 Å². The Kier molecular flexibility index (Phi) is 4.27. The first-order valence-corrected chi connectivity index (χ1v) is 10.3. The van der Waals surface area contributed by atoms with Crippen LogP contribution in [0.2, 0.25) is 0 Å². The average molecular weight is 384 g/mol. The molecule has 7 nitrogen and oxygen atoms in total. The minimum Gasteiger partial charge on any atom is -0.360 e. The maximum absolute atomic E-state index is 12.8. The van der Waals surface area contributed by atoms with E-state index in [2.05, 4.69) is 15.3 Å². The average Bonchev–Trinajstić information content (AvgIpc) is 3.11. The topological polar surface area (TPSA) is 85.3 Å². The second kappa shape index (κ2) is 6.92. The van der Waals surface area contributed by atoms with E-state index >= 15 is 0 Å². The molecule has 4 heterocycles. The Morgan fingerprint density at radius 2 is 2.19 bits per heavy atom. The van der Waals surface area contributed by atoms with Crippen molar-refractivity contribution in [3.8, 4) is 11.4 Å². The van der Waals surface area contributed by atoms with Crippen LogP contribution in [0.1, 0.15) is 53.7 Å². The summed E-state index contributed by atoms with van der Waals surface area (Å²) >= 11 is 1.61. The molecule has 3 aromatic heterocycles. The van der Waals surface area contributed by atoms with Crippen LogP contribution < -0.4 is 0 Å². The minimum atomic E-state index is -0.0418. The second-order valence-electron chi connectivity index (χ2n) is 7.38. The Morgan fingerprint density at radius 3 is 3.00 bits per heavy atom. The number of carbonyl (C=O) groups excluding carboxylic acids is 1. The summed E-state index contributed by atoms with van der Waals surface area (Å²) in [5.74, 6) is 2.84. The van der Waals surface area contributed by atoms with Crippen LogP contribution in [-0.2, 0) is 6.42 Å². The molecule has 1 saturated carbocycles. The number of hydrogen-bond acceptors (Lipinski definition) is 7. The maximum Gasteiger partial charge on any atom is 0.276 e. The van der Waals surface area contributed by atoms with Gasteiger partial charge in [-0.3, -0.25) is 4.79 Å². The van der Waals surface area contributed by atoms with Crippen molar-refractivity contribution in [2.75, 3.05) is 13.1 Å². The van der Waals surface area contributed by atoms with E-state index < -0.39 is 0 Å². The predicted molar refractivity (Wildman–Crippen MR) is 98.4 cm³/mol. The van der Waals surface area contributed by atoms with Crippen LogP contribution in [0, 0.1) is 5.92 Å².